The number of methoxy groups -OCH3 is 2. The van der Waals surface area contributed by atoms with Crippen LogP contribution in [-0.4, -0.2) is 83.1 Å². The fraction of sp³-hybridized carbons (Fsp3) is 0.560. The quantitative estimate of drug-likeness (QED) is 0.566. The lowest BCUT2D eigenvalue weighted by molar-refractivity contribution is 0.222. The number of piperazine rings is 1. The van der Waals surface area contributed by atoms with Gasteiger partial charge in [0.1, 0.15) is 22.2 Å². The van der Waals surface area contributed by atoms with Gasteiger partial charge in [-0.25, -0.2) is 13.4 Å². The van der Waals surface area contributed by atoms with Gasteiger partial charge in [0, 0.05) is 51.5 Å². The molecule has 0 unspecified atom stereocenters. The van der Waals surface area contributed by atoms with Crippen LogP contribution in [0, 0.1) is 5.92 Å². The Balaban J connectivity index is 1.30. The summed E-state index contributed by atoms with van der Waals surface area (Å²) in [4.78, 5) is 9.20. The van der Waals surface area contributed by atoms with E-state index in [1.807, 2.05) is 19.2 Å². The summed E-state index contributed by atoms with van der Waals surface area (Å²) in [5.74, 6) is 3.17. The van der Waals surface area contributed by atoms with Crippen LogP contribution in [0.3, 0.4) is 0 Å². The molecule has 0 bridgehead atoms. The average molecular weight is 489 g/mol. The van der Waals surface area contributed by atoms with E-state index in [2.05, 4.69) is 26.9 Å². The van der Waals surface area contributed by atoms with E-state index in [1.54, 1.807) is 24.6 Å². The maximum absolute atomic E-state index is 12.9. The van der Waals surface area contributed by atoms with Gasteiger partial charge in [0.15, 0.2) is 0 Å². The number of rotatable bonds is 8. The van der Waals surface area contributed by atoms with Crippen molar-refractivity contribution in [2.75, 3.05) is 65.4 Å². The average Bonchev–Trinajstić information content (AvgIpc) is 2.88. The summed E-state index contributed by atoms with van der Waals surface area (Å²) in [6.45, 7) is 4.43. The van der Waals surface area contributed by atoms with Crippen LogP contribution in [0.2, 0.25) is 0 Å². The number of pyridine rings is 1. The molecule has 8 nitrogen and oxygen atoms in total. The Labute approximate surface area is 203 Å². The normalized spacial score (nSPS) is 18.7. The largest absolute Gasteiger partial charge is 0.497 e. The Kier molecular flexibility index (Phi) is 7.95. The fourth-order valence-electron chi connectivity index (χ4n) is 4.72. The first-order valence-electron chi connectivity index (χ1n) is 12.0. The van der Waals surface area contributed by atoms with Crippen LogP contribution in [0.25, 0.3) is 0 Å². The molecule has 0 saturated carbocycles. The van der Waals surface area contributed by atoms with Crippen LogP contribution >= 0.6 is 0 Å². The maximum Gasteiger partial charge on any atom is 0.244 e. The van der Waals surface area contributed by atoms with Gasteiger partial charge in [0.2, 0.25) is 10.0 Å². The molecule has 34 heavy (non-hydrogen) atoms. The molecule has 9 heteroatoms. The minimum absolute atomic E-state index is 0.282. The molecule has 0 N–H and O–H groups in total. The van der Waals surface area contributed by atoms with Crippen molar-refractivity contribution >= 4 is 15.8 Å². The predicted octanol–water partition coefficient (Wildman–Crippen LogP) is 2.88. The number of aryl methyl sites for hydroxylation is 1. The summed E-state index contributed by atoms with van der Waals surface area (Å²) < 4.78 is 38.2. The number of hydrogen-bond donors (Lipinski definition) is 0. The molecule has 186 valence electrons. The Hall–Kier alpha value is -2.36. The van der Waals surface area contributed by atoms with E-state index in [9.17, 15) is 8.42 Å². The second-order valence-electron chi connectivity index (χ2n) is 9.25. The first kappa shape index (κ1) is 24.8. The number of anilines is 1. The number of ether oxygens (including phenoxy) is 2. The summed E-state index contributed by atoms with van der Waals surface area (Å²) in [6.07, 6.45) is 5.84. The molecule has 0 aliphatic carbocycles. The second-order valence-corrected chi connectivity index (χ2v) is 11.2. The van der Waals surface area contributed by atoms with Gasteiger partial charge in [-0.2, -0.15) is 4.31 Å². The molecule has 0 spiro atoms. The molecule has 4 rings (SSSR count). The van der Waals surface area contributed by atoms with Gasteiger partial charge >= 0.3 is 0 Å². The molecule has 0 atom stereocenters. The number of likely N-dealkylation sites (N-methyl/N-ethyl adjacent to an activating group) is 1. The maximum atomic E-state index is 12.9. The third kappa shape index (κ3) is 5.82. The molecule has 2 aliphatic rings. The summed E-state index contributed by atoms with van der Waals surface area (Å²) in [7, 11) is 1.89. The van der Waals surface area contributed by atoms with Crippen LogP contribution < -0.4 is 14.4 Å². The van der Waals surface area contributed by atoms with E-state index >= 15 is 0 Å². The van der Waals surface area contributed by atoms with Gasteiger partial charge < -0.3 is 19.3 Å². The van der Waals surface area contributed by atoms with Gasteiger partial charge in [-0.1, -0.05) is 0 Å². The Bertz CT molecular complexity index is 1020. The van der Waals surface area contributed by atoms with Gasteiger partial charge in [0.25, 0.3) is 0 Å². The van der Waals surface area contributed by atoms with Gasteiger partial charge in [0.05, 0.1) is 14.2 Å². The summed E-state index contributed by atoms with van der Waals surface area (Å²) in [6, 6.07) is 9.62. The first-order valence-corrected chi connectivity index (χ1v) is 13.4. The number of hydrogen-bond acceptors (Lipinski definition) is 7. The van der Waals surface area contributed by atoms with E-state index in [1.165, 1.54) is 11.8 Å². The molecular formula is C25H36N4O4S. The minimum atomic E-state index is -3.48. The number of aromatic nitrogens is 1. The standard InChI is InChI=1S/C25H36N4O4S/c1-27-12-14-29(15-13-27)34(30,31)24-6-7-25(26-19-24)28-10-8-20(9-11-28)4-5-21-16-22(32-2)18-23(17-21)33-3/h6-7,16-20H,4-5,8-15H2,1-3H3. The smallest absolute Gasteiger partial charge is 0.244 e. The highest BCUT2D eigenvalue weighted by Crippen LogP contribution is 2.28. The van der Waals surface area contributed by atoms with Crippen LogP contribution in [0.5, 0.6) is 11.5 Å². The van der Waals surface area contributed by atoms with Gasteiger partial charge in [-0.15, -0.1) is 0 Å². The highest BCUT2D eigenvalue weighted by atomic mass is 32.2. The third-order valence-electron chi connectivity index (χ3n) is 7.01. The highest BCUT2D eigenvalue weighted by Gasteiger charge is 2.28. The van der Waals surface area contributed by atoms with Crippen molar-refractivity contribution in [3.05, 3.63) is 42.1 Å². The molecule has 2 fully saturated rings. The number of piperidine rings is 1. The predicted molar refractivity (Wildman–Crippen MR) is 133 cm³/mol. The van der Waals surface area contributed by atoms with Crippen LogP contribution in [0.1, 0.15) is 24.8 Å². The lowest BCUT2D eigenvalue weighted by Crippen LogP contribution is -2.47. The van der Waals surface area contributed by atoms with Gasteiger partial charge in [-0.05, 0) is 68.5 Å². The molecule has 0 radical (unpaired) electrons. The van der Waals surface area contributed by atoms with Crippen molar-refractivity contribution in [1.82, 2.24) is 14.2 Å². The molecule has 2 aromatic rings. The summed E-state index contributed by atoms with van der Waals surface area (Å²) in [5, 5.41) is 0. The minimum Gasteiger partial charge on any atom is -0.497 e. The monoisotopic (exact) mass is 488 g/mol. The van der Waals surface area contributed by atoms with E-state index in [0.29, 0.717) is 19.0 Å². The van der Waals surface area contributed by atoms with Crippen molar-refractivity contribution in [3.8, 4) is 11.5 Å². The third-order valence-corrected chi connectivity index (χ3v) is 8.89. The van der Waals surface area contributed by atoms with Crippen molar-refractivity contribution in [2.45, 2.75) is 30.6 Å². The van der Waals surface area contributed by atoms with Crippen LogP contribution in [-0.2, 0) is 16.4 Å². The SMILES string of the molecule is COc1cc(CCC2CCN(c3ccc(S(=O)(=O)N4CCN(C)CC4)cn3)CC2)cc(OC)c1. The van der Waals surface area contributed by atoms with E-state index < -0.39 is 10.0 Å². The Morgan fingerprint density at radius 1 is 0.941 bits per heavy atom. The van der Waals surface area contributed by atoms with E-state index in [0.717, 1.165) is 69.2 Å². The lowest BCUT2D eigenvalue weighted by Gasteiger charge is -2.33. The zero-order valence-electron chi connectivity index (χ0n) is 20.4. The van der Waals surface area contributed by atoms with E-state index in [-0.39, 0.29) is 4.90 Å². The van der Waals surface area contributed by atoms with Crippen molar-refractivity contribution in [2.24, 2.45) is 5.92 Å². The summed E-state index contributed by atoms with van der Waals surface area (Å²) in [5.41, 5.74) is 1.23. The Morgan fingerprint density at radius 2 is 1.59 bits per heavy atom. The van der Waals surface area contributed by atoms with Crippen LogP contribution in [0.4, 0.5) is 5.82 Å². The number of nitrogens with zero attached hydrogens (tertiary/aromatic N) is 4. The van der Waals surface area contributed by atoms with Gasteiger partial charge in [-0.3, -0.25) is 0 Å². The highest BCUT2D eigenvalue weighted by molar-refractivity contribution is 7.89. The molecule has 0 amide bonds. The zero-order chi connectivity index (χ0) is 24.1. The van der Waals surface area contributed by atoms with E-state index in [4.69, 9.17) is 9.47 Å². The Morgan fingerprint density at radius 3 is 2.15 bits per heavy atom. The molecule has 2 aliphatic heterocycles. The van der Waals surface area contributed by atoms with Crippen molar-refractivity contribution < 1.29 is 17.9 Å². The number of sulfonamides is 1. The summed E-state index contributed by atoms with van der Waals surface area (Å²) >= 11 is 0. The topological polar surface area (TPSA) is 75.2 Å². The molecular weight excluding hydrogens is 452 g/mol. The molecule has 2 saturated heterocycles. The second kappa shape index (κ2) is 10.9. The van der Waals surface area contributed by atoms with Crippen molar-refractivity contribution in [3.63, 3.8) is 0 Å². The fourth-order valence-corrected chi connectivity index (χ4v) is 6.09. The number of benzene rings is 1. The lowest BCUT2D eigenvalue weighted by atomic mass is 9.90. The first-order chi connectivity index (χ1) is 16.4. The zero-order valence-corrected chi connectivity index (χ0v) is 21.3. The molecule has 3 heterocycles. The van der Waals surface area contributed by atoms with Crippen LogP contribution in [0.15, 0.2) is 41.4 Å². The molecule has 1 aromatic carbocycles. The molecule has 1 aromatic heterocycles. The van der Waals surface area contributed by atoms with Crippen molar-refractivity contribution in [1.29, 1.82) is 0 Å².